The van der Waals surface area contributed by atoms with E-state index >= 15 is 0 Å². The van der Waals surface area contributed by atoms with Crippen LogP contribution in [0.25, 0.3) is 0 Å². The monoisotopic (exact) mass is 417 g/mol. The summed E-state index contributed by atoms with van der Waals surface area (Å²) in [5, 5.41) is 12.0. The molecular formula is C22H32ClN5O. The molecule has 2 heterocycles. The molecule has 1 aliphatic carbocycles. The van der Waals surface area contributed by atoms with E-state index in [9.17, 15) is 4.79 Å². The Morgan fingerprint density at radius 3 is 2.41 bits per heavy atom. The number of amides is 1. The molecule has 158 valence electrons. The third-order valence-electron chi connectivity index (χ3n) is 6.03. The number of nitrogens with zero attached hydrogens (tertiary/aromatic N) is 4. The second-order valence-electron chi connectivity index (χ2n) is 8.51. The fourth-order valence-corrected chi connectivity index (χ4v) is 4.03. The number of hydrogen-bond acceptors (Lipinski definition) is 4. The molecule has 1 aliphatic heterocycles. The molecule has 29 heavy (non-hydrogen) atoms. The highest BCUT2D eigenvalue weighted by Gasteiger charge is 2.35. The summed E-state index contributed by atoms with van der Waals surface area (Å²) in [6.07, 6.45) is 4.23. The lowest BCUT2D eigenvalue weighted by atomic mass is 10.0. The predicted octanol–water partition coefficient (Wildman–Crippen LogP) is 3.86. The molecule has 2 fully saturated rings. The Kier molecular flexibility index (Phi) is 6.96. The van der Waals surface area contributed by atoms with Gasteiger partial charge in [-0.05, 0) is 62.7 Å². The first-order valence-electron chi connectivity index (χ1n) is 10.6. The van der Waals surface area contributed by atoms with Gasteiger partial charge >= 0.3 is 0 Å². The maximum atomic E-state index is 13.3. The number of carbonyl (C=O) groups excluding carboxylic acids is 1. The number of hydrogen-bond donors (Lipinski definition) is 1. The van der Waals surface area contributed by atoms with Crippen LogP contribution in [0.2, 0.25) is 0 Å². The zero-order chi connectivity index (χ0) is 19.7. The van der Waals surface area contributed by atoms with Gasteiger partial charge in [0.25, 0.3) is 5.91 Å². The maximum absolute atomic E-state index is 13.3. The SMILES string of the molecule is Cc1c(C(=O)N(Cc2ccc(C(C)C)cc2)C2CC2)nnn1C1CCNCC1.Cl. The van der Waals surface area contributed by atoms with E-state index in [1.807, 2.05) is 16.5 Å². The first-order valence-corrected chi connectivity index (χ1v) is 10.6. The average molecular weight is 418 g/mol. The molecule has 1 N–H and O–H groups in total. The van der Waals surface area contributed by atoms with Gasteiger partial charge < -0.3 is 10.2 Å². The topological polar surface area (TPSA) is 63.1 Å². The van der Waals surface area contributed by atoms with Crippen LogP contribution in [-0.4, -0.2) is 44.9 Å². The van der Waals surface area contributed by atoms with Gasteiger partial charge in [-0.2, -0.15) is 0 Å². The van der Waals surface area contributed by atoms with E-state index < -0.39 is 0 Å². The summed E-state index contributed by atoms with van der Waals surface area (Å²) < 4.78 is 1.97. The van der Waals surface area contributed by atoms with E-state index in [-0.39, 0.29) is 18.3 Å². The average Bonchev–Trinajstić information content (AvgIpc) is 3.48. The molecule has 0 spiro atoms. The summed E-state index contributed by atoms with van der Waals surface area (Å²) in [6.45, 7) is 9.01. The second-order valence-corrected chi connectivity index (χ2v) is 8.51. The Bertz CT molecular complexity index is 822. The minimum absolute atomic E-state index is 0. The lowest BCUT2D eigenvalue weighted by molar-refractivity contribution is 0.0723. The molecule has 1 aromatic carbocycles. The third kappa shape index (κ3) is 4.81. The molecule has 0 bridgehead atoms. The van der Waals surface area contributed by atoms with Gasteiger partial charge in [0.1, 0.15) is 0 Å². The number of halogens is 1. The van der Waals surface area contributed by atoms with Crippen molar-refractivity contribution in [3.05, 3.63) is 46.8 Å². The molecule has 2 aromatic rings. The summed E-state index contributed by atoms with van der Waals surface area (Å²) in [7, 11) is 0. The molecule has 1 saturated heterocycles. The first-order chi connectivity index (χ1) is 13.5. The second kappa shape index (κ2) is 9.26. The van der Waals surface area contributed by atoms with Crippen molar-refractivity contribution in [2.45, 2.75) is 71.0 Å². The largest absolute Gasteiger partial charge is 0.330 e. The van der Waals surface area contributed by atoms with Crippen molar-refractivity contribution in [2.24, 2.45) is 0 Å². The lowest BCUT2D eigenvalue weighted by Gasteiger charge is -2.24. The van der Waals surface area contributed by atoms with Gasteiger partial charge in [0.15, 0.2) is 5.69 Å². The molecule has 1 amide bonds. The van der Waals surface area contributed by atoms with E-state index in [2.05, 4.69) is 53.7 Å². The number of nitrogens with one attached hydrogen (secondary N) is 1. The number of rotatable bonds is 6. The smallest absolute Gasteiger partial charge is 0.276 e. The Morgan fingerprint density at radius 2 is 1.83 bits per heavy atom. The molecule has 4 rings (SSSR count). The van der Waals surface area contributed by atoms with E-state index in [0.717, 1.165) is 44.5 Å². The Hall–Kier alpha value is -1.92. The van der Waals surface area contributed by atoms with Crippen molar-refractivity contribution in [3.63, 3.8) is 0 Å². The fraction of sp³-hybridized carbons (Fsp3) is 0.591. The van der Waals surface area contributed by atoms with Gasteiger partial charge in [0.2, 0.25) is 0 Å². The van der Waals surface area contributed by atoms with Crippen molar-refractivity contribution < 1.29 is 4.79 Å². The van der Waals surface area contributed by atoms with Crippen LogP contribution < -0.4 is 5.32 Å². The van der Waals surface area contributed by atoms with Crippen LogP contribution >= 0.6 is 12.4 Å². The van der Waals surface area contributed by atoms with E-state index in [1.54, 1.807) is 0 Å². The molecular weight excluding hydrogens is 386 g/mol. The number of benzene rings is 1. The van der Waals surface area contributed by atoms with E-state index in [1.165, 1.54) is 11.1 Å². The first kappa shape index (κ1) is 21.8. The maximum Gasteiger partial charge on any atom is 0.276 e. The van der Waals surface area contributed by atoms with Crippen LogP contribution in [-0.2, 0) is 6.54 Å². The highest BCUT2D eigenvalue weighted by atomic mass is 35.5. The number of aromatic nitrogens is 3. The third-order valence-corrected chi connectivity index (χ3v) is 6.03. The van der Waals surface area contributed by atoms with Crippen LogP contribution in [0.15, 0.2) is 24.3 Å². The zero-order valence-corrected chi connectivity index (χ0v) is 18.4. The molecule has 0 atom stereocenters. The highest BCUT2D eigenvalue weighted by Crippen LogP contribution is 2.31. The van der Waals surface area contributed by atoms with Crippen molar-refractivity contribution in [2.75, 3.05) is 13.1 Å². The zero-order valence-electron chi connectivity index (χ0n) is 17.6. The van der Waals surface area contributed by atoms with Crippen LogP contribution in [0, 0.1) is 6.92 Å². The standard InChI is InChI=1S/C22H31N5O.ClH/c1-15(2)18-6-4-17(5-7-18)14-26(19-8-9-19)22(28)21-16(3)27(25-24-21)20-10-12-23-13-11-20;/h4-7,15,19-20,23H,8-14H2,1-3H3;1H. The molecule has 0 radical (unpaired) electrons. The van der Waals surface area contributed by atoms with E-state index in [4.69, 9.17) is 0 Å². The Morgan fingerprint density at radius 1 is 1.17 bits per heavy atom. The van der Waals surface area contributed by atoms with Crippen LogP contribution in [0.4, 0.5) is 0 Å². The quantitative estimate of drug-likeness (QED) is 0.775. The van der Waals surface area contributed by atoms with Gasteiger partial charge in [-0.25, -0.2) is 4.68 Å². The molecule has 0 unspecified atom stereocenters. The molecule has 7 heteroatoms. The number of carbonyl (C=O) groups is 1. The fourth-order valence-electron chi connectivity index (χ4n) is 4.03. The minimum Gasteiger partial charge on any atom is -0.330 e. The van der Waals surface area contributed by atoms with Gasteiger partial charge in [0, 0.05) is 12.6 Å². The summed E-state index contributed by atoms with van der Waals surface area (Å²) in [5.41, 5.74) is 3.92. The minimum atomic E-state index is 0. The Labute approximate surface area is 179 Å². The van der Waals surface area contributed by atoms with Crippen molar-refractivity contribution in [3.8, 4) is 0 Å². The lowest BCUT2D eigenvalue weighted by Crippen LogP contribution is -2.33. The van der Waals surface area contributed by atoms with Crippen molar-refractivity contribution >= 4 is 18.3 Å². The van der Waals surface area contributed by atoms with Gasteiger partial charge in [-0.1, -0.05) is 43.3 Å². The summed E-state index contributed by atoms with van der Waals surface area (Å²) in [6, 6.07) is 9.32. The van der Waals surface area contributed by atoms with Gasteiger partial charge in [0.05, 0.1) is 11.7 Å². The predicted molar refractivity (Wildman–Crippen MR) is 117 cm³/mol. The summed E-state index contributed by atoms with van der Waals surface area (Å²) in [5.74, 6) is 0.538. The Balaban J connectivity index is 0.00000240. The van der Waals surface area contributed by atoms with Crippen molar-refractivity contribution in [1.82, 2.24) is 25.2 Å². The normalized spacial score (nSPS) is 17.2. The molecule has 6 nitrogen and oxygen atoms in total. The van der Waals surface area contributed by atoms with E-state index in [0.29, 0.717) is 30.2 Å². The number of piperidine rings is 1. The highest BCUT2D eigenvalue weighted by molar-refractivity contribution is 5.93. The van der Waals surface area contributed by atoms with Gasteiger partial charge in [-0.15, -0.1) is 17.5 Å². The van der Waals surface area contributed by atoms with Crippen molar-refractivity contribution in [1.29, 1.82) is 0 Å². The summed E-state index contributed by atoms with van der Waals surface area (Å²) in [4.78, 5) is 15.3. The summed E-state index contributed by atoms with van der Waals surface area (Å²) >= 11 is 0. The van der Waals surface area contributed by atoms with Crippen LogP contribution in [0.5, 0.6) is 0 Å². The molecule has 1 saturated carbocycles. The van der Waals surface area contributed by atoms with Crippen LogP contribution in [0.3, 0.4) is 0 Å². The molecule has 2 aliphatic rings. The van der Waals surface area contributed by atoms with Crippen LogP contribution in [0.1, 0.15) is 78.8 Å². The van der Waals surface area contributed by atoms with Gasteiger partial charge in [-0.3, -0.25) is 4.79 Å². The molecule has 1 aromatic heterocycles.